The molecule has 1 aromatic heterocycles. The van der Waals surface area contributed by atoms with Crippen LogP contribution >= 0.6 is 0 Å². The van der Waals surface area contributed by atoms with Gasteiger partial charge >= 0.3 is 0 Å². The Hall–Kier alpha value is -3.68. The highest BCUT2D eigenvalue weighted by Crippen LogP contribution is 2.14. The fourth-order valence-electron chi connectivity index (χ4n) is 2.87. The van der Waals surface area contributed by atoms with E-state index < -0.39 is 11.5 Å². The summed E-state index contributed by atoms with van der Waals surface area (Å²) < 4.78 is 6.10. The van der Waals surface area contributed by atoms with Crippen molar-refractivity contribution in [3.05, 3.63) is 70.1 Å². The van der Waals surface area contributed by atoms with Crippen LogP contribution in [0.1, 0.15) is 16.1 Å². The van der Waals surface area contributed by atoms with Gasteiger partial charge in [-0.2, -0.15) is 5.10 Å². The Kier molecular flexibility index (Phi) is 5.39. The minimum Gasteiger partial charge on any atom is -0.497 e. The van der Waals surface area contributed by atoms with Gasteiger partial charge in [-0.05, 0) is 23.8 Å². The average molecular weight is 380 g/mol. The van der Waals surface area contributed by atoms with Gasteiger partial charge in [-0.1, -0.05) is 30.3 Å². The van der Waals surface area contributed by atoms with Crippen molar-refractivity contribution < 1.29 is 14.3 Å². The Morgan fingerprint density at radius 3 is 2.36 bits per heavy atom. The lowest BCUT2D eigenvalue weighted by Crippen LogP contribution is -2.36. The third-order valence-electron chi connectivity index (χ3n) is 4.39. The second-order valence-corrected chi connectivity index (χ2v) is 6.32. The number of nitrogens with two attached hydrogens (primary N) is 1. The normalized spacial score (nSPS) is 10.6. The fourth-order valence-corrected chi connectivity index (χ4v) is 2.87. The summed E-state index contributed by atoms with van der Waals surface area (Å²) in [6.45, 7) is 0.0600. The summed E-state index contributed by atoms with van der Waals surface area (Å²) in [7, 11) is 3.22. The predicted molar refractivity (Wildman–Crippen MR) is 104 cm³/mol. The van der Waals surface area contributed by atoms with E-state index in [0.717, 1.165) is 16.0 Å². The van der Waals surface area contributed by atoms with E-state index >= 15 is 0 Å². The van der Waals surface area contributed by atoms with Crippen molar-refractivity contribution in [2.45, 2.75) is 13.1 Å². The first-order chi connectivity index (χ1) is 13.4. The maximum absolute atomic E-state index is 12.7. The number of amides is 2. The molecule has 0 spiro atoms. The van der Waals surface area contributed by atoms with Gasteiger partial charge in [0.2, 0.25) is 5.91 Å². The van der Waals surface area contributed by atoms with Crippen LogP contribution in [0.25, 0.3) is 10.8 Å². The van der Waals surface area contributed by atoms with E-state index in [1.165, 1.54) is 4.90 Å². The van der Waals surface area contributed by atoms with Gasteiger partial charge in [0, 0.05) is 19.0 Å². The second-order valence-electron chi connectivity index (χ2n) is 6.32. The monoisotopic (exact) mass is 380 g/mol. The fraction of sp³-hybridized carbons (Fsp3) is 0.200. The molecular formula is C20H20N4O4. The molecule has 0 fully saturated rings. The van der Waals surface area contributed by atoms with Crippen molar-refractivity contribution in [2.75, 3.05) is 14.2 Å². The zero-order chi connectivity index (χ0) is 20.3. The maximum atomic E-state index is 12.7. The summed E-state index contributed by atoms with van der Waals surface area (Å²) in [6.07, 6.45) is 0. The Morgan fingerprint density at radius 1 is 1.11 bits per heavy atom. The molecule has 3 aromatic rings. The summed E-state index contributed by atoms with van der Waals surface area (Å²) in [4.78, 5) is 38.5. The minimum atomic E-state index is -0.760. The number of ether oxygens (including phenoxy) is 1. The van der Waals surface area contributed by atoms with Crippen LogP contribution < -0.4 is 16.0 Å². The summed E-state index contributed by atoms with van der Waals surface area (Å²) in [5.41, 5.74) is 5.81. The number of methoxy groups -OCH3 is 1. The van der Waals surface area contributed by atoms with Crippen LogP contribution in [0.5, 0.6) is 5.75 Å². The number of rotatable bonds is 6. The molecule has 0 aliphatic heterocycles. The van der Waals surface area contributed by atoms with Crippen molar-refractivity contribution in [1.29, 1.82) is 0 Å². The summed E-state index contributed by atoms with van der Waals surface area (Å²) in [6, 6.07) is 13.9. The quantitative estimate of drug-likeness (QED) is 0.690. The van der Waals surface area contributed by atoms with Gasteiger partial charge in [0.25, 0.3) is 11.5 Å². The van der Waals surface area contributed by atoms with Gasteiger partial charge in [0.05, 0.1) is 12.5 Å². The maximum Gasteiger partial charge on any atom is 0.275 e. The second kappa shape index (κ2) is 7.91. The van der Waals surface area contributed by atoms with Gasteiger partial charge in [0.15, 0.2) is 5.69 Å². The van der Waals surface area contributed by atoms with E-state index in [9.17, 15) is 14.4 Å². The first kappa shape index (κ1) is 19.1. The highest BCUT2D eigenvalue weighted by molar-refractivity contribution is 6.04. The number of carbonyl (C=O) groups is 2. The number of aromatic nitrogens is 2. The zero-order valence-electron chi connectivity index (χ0n) is 15.6. The van der Waals surface area contributed by atoms with Crippen LogP contribution in [0.2, 0.25) is 0 Å². The molecule has 28 heavy (non-hydrogen) atoms. The minimum absolute atomic E-state index is 0.0409. The van der Waals surface area contributed by atoms with Crippen molar-refractivity contribution in [1.82, 2.24) is 14.7 Å². The van der Waals surface area contributed by atoms with Crippen LogP contribution in [0, 0.1) is 0 Å². The van der Waals surface area contributed by atoms with E-state index in [2.05, 4.69) is 5.10 Å². The molecule has 0 aliphatic rings. The van der Waals surface area contributed by atoms with Crippen LogP contribution in [-0.4, -0.2) is 40.7 Å². The molecule has 3 rings (SSSR count). The number of benzene rings is 2. The van der Waals surface area contributed by atoms with Gasteiger partial charge in [-0.25, -0.2) is 4.68 Å². The molecule has 2 N–H and O–H groups in total. The number of carbonyl (C=O) groups excluding carboxylic acids is 2. The van der Waals surface area contributed by atoms with Gasteiger partial charge in [0.1, 0.15) is 12.3 Å². The van der Waals surface area contributed by atoms with E-state index in [4.69, 9.17) is 10.5 Å². The van der Waals surface area contributed by atoms with Crippen molar-refractivity contribution in [2.24, 2.45) is 5.73 Å². The molecule has 0 radical (unpaired) electrons. The van der Waals surface area contributed by atoms with Crippen molar-refractivity contribution >= 4 is 22.6 Å². The number of hydrogen-bond donors (Lipinski definition) is 1. The summed E-state index contributed by atoms with van der Waals surface area (Å²) in [5, 5.41) is 4.68. The molecule has 144 valence electrons. The molecule has 0 aliphatic carbocycles. The lowest BCUT2D eigenvalue weighted by Gasteiger charge is -2.18. The molecule has 8 heteroatoms. The van der Waals surface area contributed by atoms with Gasteiger partial charge in [-0.3, -0.25) is 14.4 Å². The average Bonchev–Trinajstić information content (AvgIpc) is 2.70. The van der Waals surface area contributed by atoms with Crippen molar-refractivity contribution in [3.8, 4) is 5.75 Å². The molecule has 0 saturated heterocycles. The lowest BCUT2D eigenvalue weighted by atomic mass is 10.1. The first-order valence-electron chi connectivity index (χ1n) is 8.57. The van der Waals surface area contributed by atoms with E-state index in [1.54, 1.807) is 38.4 Å². The smallest absolute Gasteiger partial charge is 0.275 e. The third kappa shape index (κ3) is 3.85. The number of primary amides is 1. The third-order valence-corrected chi connectivity index (χ3v) is 4.39. The number of likely N-dealkylation sites (N-methyl/N-ethyl adjacent to an activating group) is 1. The first-order valence-corrected chi connectivity index (χ1v) is 8.57. The van der Waals surface area contributed by atoms with Gasteiger partial charge in [-0.15, -0.1) is 0 Å². The Morgan fingerprint density at radius 2 is 1.75 bits per heavy atom. The molecular weight excluding hydrogens is 360 g/mol. The number of nitrogens with zero attached hydrogens (tertiary/aromatic N) is 3. The largest absolute Gasteiger partial charge is 0.497 e. The van der Waals surface area contributed by atoms with E-state index in [1.807, 2.05) is 24.3 Å². The zero-order valence-corrected chi connectivity index (χ0v) is 15.6. The molecule has 0 unspecified atom stereocenters. The standard InChI is InChI=1S/C20H20N4O4/c1-23(11-13-7-9-14(28-2)10-8-13)17(25)12-24-20(27)16-6-4-3-5-15(16)18(22-24)19(21)26/h3-10H,11-12H2,1-2H3,(H2,21,26). The molecule has 0 bridgehead atoms. The molecule has 0 atom stereocenters. The van der Waals surface area contributed by atoms with Crippen LogP contribution in [0.3, 0.4) is 0 Å². The highest BCUT2D eigenvalue weighted by atomic mass is 16.5. The SMILES string of the molecule is COc1ccc(CN(C)C(=O)Cn2nc(C(N)=O)c3ccccc3c2=O)cc1. The van der Waals surface area contributed by atoms with E-state index in [0.29, 0.717) is 11.9 Å². The van der Waals surface area contributed by atoms with Crippen LogP contribution in [-0.2, 0) is 17.9 Å². The molecule has 1 heterocycles. The van der Waals surface area contributed by atoms with Crippen LogP contribution in [0.4, 0.5) is 0 Å². The lowest BCUT2D eigenvalue weighted by molar-refractivity contribution is -0.131. The van der Waals surface area contributed by atoms with Crippen molar-refractivity contribution in [3.63, 3.8) is 0 Å². The van der Waals surface area contributed by atoms with Crippen LogP contribution in [0.15, 0.2) is 53.3 Å². The highest BCUT2D eigenvalue weighted by Gasteiger charge is 2.17. The number of hydrogen-bond acceptors (Lipinski definition) is 5. The number of fused-ring (bicyclic) bond motifs is 1. The molecule has 0 saturated carbocycles. The Labute approximate surface area is 161 Å². The molecule has 2 aromatic carbocycles. The summed E-state index contributed by atoms with van der Waals surface area (Å²) >= 11 is 0. The summed E-state index contributed by atoms with van der Waals surface area (Å²) in [5.74, 6) is -0.358. The predicted octanol–water partition coefficient (Wildman–Crippen LogP) is 1.16. The van der Waals surface area contributed by atoms with Gasteiger partial charge < -0.3 is 15.4 Å². The topological polar surface area (TPSA) is 108 Å². The Bertz CT molecular complexity index is 1090. The van der Waals surface area contributed by atoms with E-state index in [-0.39, 0.29) is 23.5 Å². The Balaban J connectivity index is 1.84. The molecule has 2 amide bonds. The molecule has 8 nitrogen and oxygen atoms in total.